The van der Waals surface area contributed by atoms with Crippen LogP contribution in [0.15, 0.2) is 53.1 Å². The van der Waals surface area contributed by atoms with E-state index >= 15 is 0 Å². The van der Waals surface area contributed by atoms with E-state index in [1.165, 1.54) is 0 Å². The fourth-order valence-electron chi connectivity index (χ4n) is 3.90. The van der Waals surface area contributed by atoms with Crippen LogP contribution in [-0.4, -0.2) is 57.1 Å². The third-order valence-corrected chi connectivity index (χ3v) is 5.50. The summed E-state index contributed by atoms with van der Waals surface area (Å²) in [5.41, 5.74) is 2.50. The molecule has 1 aliphatic rings. The molecule has 9 heteroatoms. The van der Waals surface area contributed by atoms with Gasteiger partial charge in [-0.25, -0.2) is 4.98 Å². The number of benzene rings is 2. The molecule has 1 N–H and O–H groups in total. The Hall–Kier alpha value is -3.88. The van der Waals surface area contributed by atoms with Crippen LogP contribution in [0, 0.1) is 6.92 Å². The number of aromatic nitrogens is 4. The van der Waals surface area contributed by atoms with Crippen molar-refractivity contribution in [2.75, 3.05) is 31.1 Å². The predicted octanol–water partition coefficient (Wildman–Crippen LogP) is 3.19. The van der Waals surface area contributed by atoms with Gasteiger partial charge in [0.25, 0.3) is 5.91 Å². The average molecular weight is 432 g/mol. The van der Waals surface area contributed by atoms with Crippen LogP contribution >= 0.6 is 0 Å². The summed E-state index contributed by atoms with van der Waals surface area (Å²) in [7, 11) is 0. The molecular formula is C23H24N6O3. The number of aryl methyl sites for hydroxylation is 1. The van der Waals surface area contributed by atoms with Crippen LogP contribution in [0.4, 0.5) is 5.95 Å². The van der Waals surface area contributed by atoms with E-state index in [2.05, 4.69) is 20.0 Å². The number of ether oxygens (including phenoxy) is 1. The number of anilines is 1. The molecule has 0 radical (unpaired) electrons. The van der Waals surface area contributed by atoms with Crippen molar-refractivity contribution in [1.82, 2.24) is 25.0 Å². The van der Waals surface area contributed by atoms with Crippen molar-refractivity contribution < 1.29 is 14.1 Å². The highest BCUT2D eigenvalue weighted by molar-refractivity contribution is 5.97. The van der Waals surface area contributed by atoms with Crippen LogP contribution in [-0.2, 0) is 6.61 Å². The van der Waals surface area contributed by atoms with Crippen LogP contribution in [0.5, 0.6) is 5.75 Å². The van der Waals surface area contributed by atoms with Gasteiger partial charge < -0.3 is 24.0 Å². The van der Waals surface area contributed by atoms with E-state index in [4.69, 9.17) is 14.2 Å². The zero-order chi connectivity index (χ0) is 21.9. The first-order valence-electron chi connectivity index (χ1n) is 10.7. The first-order chi connectivity index (χ1) is 15.7. The van der Waals surface area contributed by atoms with E-state index in [1.807, 2.05) is 41.3 Å². The van der Waals surface area contributed by atoms with Crippen LogP contribution in [0.1, 0.15) is 28.5 Å². The van der Waals surface area contributed by atoms with Gasteiger partial charge in [-0.3, -0.25) is 4.79 Å². The predicted molar refractivity (Wildman–Crippen MR) is 119 cm³/mol. The summed E-state index contributed by atoms with van der Waals surface area (Å²) in [5.74, 6) is 2.24. The Morgan fingerprint density at radius 3 is 2.75 bits per heavy atom. The SMILES string of the molecule is Cc1nc(COc2ccccc2C(=O)N2CCCN(c3nc4ccccc4[nH]3)CC2)no1. The molecule has 5 rings (SSSR count). The topological polar surface area (TPSA) is 100 Å². The molecule has 2 aromatic heterocycles. The van der Waals surface area contributed by atoms with Crippen LogP contribution in [0.3, 0.4) is 0 Å². The van der Waals surface area contributed by atoms with Crippen LogP contribution < -0.4 is 9.64 Å². The molecule has 1 saturated heterocycles. The zero-order valence-corrected chi connectivity index (χ0v) is 17.8. The second-order valence-electron chi connectivity index (χ2n) is 7.72. The molecule has 0 bridgehead atoms. The summed E-state index contributed by atoms with van der Waals surface area (Å²) in [4.78, 5) is 29.6. The lowest BCUT2D eigenvalue weighted by Crippen LogP contribution is -2.35. The number of amides is 1. The summed E-state index contributed by atoms with van der Waals surface area (Å²) in [6.07, 6.45) is 0.855. The number of para-hydroxylation sites is 3. The number of fused-ring (bicyclic) bond motifs is 1. The molecule has 2 aromatic carbocycles. The van der Waals surface area contributed by atoms with E-state index in [0.29, 0.717) is 42.7 Å². The number of carbonyl (C=O) groups excluding carboxylic acids is 1. The number of imidazole rings is 1. The molecule has 0 aliphatic carbocycles. The maximum Gasteiger partial charge on any atom is 0.257 e. The molecule has 32 heavy (non-hydrogen) atoms. The van der Waals surface area contributed by atoms with Crippen molar-refractivity contribution in [2.45, 2.75) is 20.0 Å². The van der Waals surface area contributed by atoms with E-state index in [-0.39, 0.29) is 12.5 Å². The fraction of sp³-hybridized carbons (Fsp3) is 0.304. The van der Waals surface area contributed by atoms with E-state index in [1.54, 1.807) is 19.1 Å². The van der Waals surface area contributed by atoms with Gasteiger partial charge in [0.2, 0.25) is 17.7 Å². The maximum atomic E-state index is 13.3. The monoisotopic (exact) mass is 432 g/mol. The fourth-order valence-corrected chi connectivity index (χ4v) is 3.90. The molecule has 0 atom stereocenters. The Labute approximate surface area is 185 Å². The number of aromatic amines is 1. The number of H-pyrrole nitrogens is 1. The molecular weight excluding hydrogens is 408 g/mol. The van der Waals surface area contributed by atoms with Crippen LogP contribution in [0.25, 0.3) is 11.0 Å². The highest BCUT2D eigenvalue weighted by atomic mass is 16.5. The van der Waals surface area contributed by atoms with Crippen molar-refractivity contribution in [3.05, 3.63) is 65.8 Å². The summed E-state index contributed by atoms with van der Waals surface area (Å²) in [5, 5.41) is 3.84. The van der Waals surface area contributed by atoms with E-state index in [9.17, 15) is 4.79 Å². The number of rotatable bonds is 5. The summed E-state index contributed by atoms with van der Waals surface area (Å²) >= 11 is 0. The molecule has 1 fully saturated rings. The number of nitrogens with one attached hydrogen (secondary N) is 1. The standard InChI is InChI=1S/C23H24N6O3/c1-16-24-21(27-32-16)15-31-20-10-5-2-7-17(20)22(30)28-11-6-12-29(14-13-28)23-25-18-8-3-4-9-19(18)26-23/h2-5,7-10H,6,11-15H2,1H3,(H,25,26). The number of hydrogen-bond acceptors (Lipinski definition) is 7. The van der Waals surface area contributed by atoms with Gasteiger partial charge in [0.05, 0.1) is 16.6 Å². The third kappa shape index (κ3) is 4.14. The first kappa shape index (κ1) is 20.0. The van der Waals surface area contributed by atoms with Crippen molar-refractivity contribution in [3.8, 4) is 5.75 Å². The minimum atomic E-state index is -0.0450. The lowest BCUT2D eigenvalue weighted by Gasteiger charge is -2.22. The van der Waals surface area contributed by atoms with Gasteiger partial charge in [-0.2, -0.15) is 4.98 Å². The van der Waals surface area contributed by atoms with Crippen LogP contribution in [0.2, 0.25) is 0 Å². The lowest BCUT2D eigenvalue weighted by atomic mass is 10.1. The second kappa shape index (κ2) is 8.70. The summed E-state index contributed by atoms with van der Waals surface area (Å²) in [6, 6.07) is 15.3. The molecule has 9 nitrogen and oxygen atoms in total. The average Bonchev–Trinajstić information content (AvgIpc) is 3.35. The number of nitrogens with zero attached hydrogens (tertiary/aromatic N) is 5. The molecule has 4 aromatic rings. The normalized spacial score (nSPS) is 14.5. The zero-order valence-electron chi connectivity index (χ0n) is 17.8. The van der Waals surface area contributed by atoms with Gasteiger partial charge in [0.15, 0.2) is 6.61 Å². The Kier molecular flexibility index (Phi) is 5.45. The first-order valence-corrected chi connectivity index (χ1v) is 10.7. The Balaban J connectivity index is 1.27. The second-order valence-corrected chi connectivity index (χ2v) is 7.72. The molecule has 164 valence electrons. The molecule has 0 saturated carbocycles. The molecule has 0 spiro atoms. The highest BCUT2D eigenvalue weighted by Crippen LogP contribution is 2.23. The van der Waals surface area contributed by atoms with Gasteiger partial charge >= 0.3 is 0 Å². The third-order valence-electron chi connectivity index (χ3n) is 5.50. The van der Waals surface area contributed by atoms with Crippen molar-refractivity contribution in [1.29, 1.82) is 0 Å². The Morgan fingerprint density at radius 1 is 1.06 bits per heavy atom. The van der Waals surface area contributed by atoms with Crippen molar-refractivity contribution >= 4 is 22.9 Å². The van der Waals surface area contributed by atoms with Crippen molar-refractivity contribution in [2.24, 2.45) is 0 Å². The number of carbonyl (C=O) groups is 1. The number of hydrogen-bond donors (Lipinski definition) is 1. The Morgan fingerprint density at radius 2 is 1.91 bits per heavy atom. The smallest absolute Gasteiger partial charge is 0.257 e. The summed E-state index contributed by atoms with van der Waals surface area (Å²) in [6.45, 7) is 4.68. The summed E-state index contributed by atoms with van der Waals surface area (Å²) < 4.78 is 10.8. The Bertz CT molecular complexity index is 1200. The minimum absolute atomic E-state index is 0.0450. The van der Waals surface area contributed by atoms with Gasteiger partial charge in [-0.1, -0.05) is 29.4 Å². The van der Waals surface area contributed by atoms with E-state index in [0.717, 1.165) is 29.9 Å². The quantitative estimate of drug-likeness (QED) is 0.517. The molecule has 1 amide bonds. The van der Waals surface area contributed by atoms with Gasteiger partial charge in [-0.15, -0.1) is 0 Å². The largest absolute Gasteiger partial charge is 0.485 e. The van der Waals surface area contributed by atoms with E-state index < -0.39 is 0 Å². The van der Waals surface area contributed by atoms with Gasteiger partial charge in [-0.05, 0) is 30.7 Å². The highest BCUT2D eigenvalue weighted by Gasteiger charge is 2.24. The molecule has 0 unspecified atom stereocenters. The maximum absolute atomic E-state index is 13.3. The lowest BCUT2D eigenvalue weighted by molar-refractivity contribution is 0.0762. The molecule has 1 aliphatic heterocycles. The van der Waals surface area contributed by atoms with Gasteiger partial charge in [0.1, 0.15) is 5.75 Å². The molecule has 3 heterocycles. The minimum Gasteiger partial charge on any atom is -0.485 e. The van der Waals surface area contributed by atoms with Gasteiger partial charge in [0, 0.05) is 33.1 Å². The van der Waals surface area contributed by atoms with Crippen molar-refractivity contribution in [3.63, 3.8) is 0 Å².